The van der Waals surface area contributed by atoms with Gasteiger partial charge in [-0.2, -0.15) is 0 Å². The summed E-state index contributed by atoms with van der Waals surface area (Å²) in [6.07, 6.45) is 3.03. The third-order valence-corrected chi connectivity index (χ3v) is 4.54. The number of rotatable bonds is 7. The summed E-state index contributed by atoms with van der Waals surface area (Å²) in [6.45, 7) is 3.54. The molecule has 0 unspecified atom stereocenters. The molecule has 1 aliphatic rings. The van der Waals surface area contributed by atoms with E-state index in [2.05, 4.69) is 10.3 Å². The summed E-state index contributed by atoms with van der Waals surface area (Å²) in [5, 5.41) is 2.98. The SMILES string of the molecule is CCOc1ccccc1OCC(=O)NC1CCN(C(=O)c2ccccn2)CC1. The Kier molecular flexibility index (Phi) is 6.84. The number of ether oxygens (including phenoxy) is 2. The smallest absolute Gasteiger partial charge is 0.272 e. The van der Waals surface area contributed by atoms with Crippen LogP contribution in [0.1, 0.15) is 30.3 Å². The fourth-order valence-corrected chi connectivity index (χ4v) is 3.13. The van der Waals surface area contributed by atoms with Gasteiger partial charge in [0.2, 0.25) is 0 Å². The Labute approximate surface area is 164 Å². The second-order valence-corrected chi connectivity index (χ2v) is 6.52. The number of carbonyl (C=O) groups is 2. The molecule has 1 saturated heterocycles. The Morgan fingerprint density at radius 1 is 1.07 bits per heavy atom. The summed E-state index contributed by atoms with van der Waals surface area (Å²) in [5.41, 5.74) is 0.450. The third kappa shape index (κ3) is 5.22. The van der Waals surface area contributed by atoms with Gasteiger partial charge in [-0.3, -0.25) is 14.6 Å². The molecule has 0 saturated carbocycles. The van der Waals surface area contributed by atoms with Crippen molar-refractivity contribution in [1.82, 2.24) is 15.2 Å². The first-order chi connectivity index (χ1) is 13.7. The normalized spacial score (nSPS) is 14.4. The Morgan fingerprint density at radius 3 is 2.39 bits per heavy atom. The molecule has 28 heavy (non-hydrogen) atoms. The highest BCUT2D eigenvalue weighted by atomic mass is 16.5. The lowest BCUT2D eigenvalue weighted by Crippen LogP contribution is -2.47. The van der Waals surface area contributed by atoms with Crippen molar-refractivity contribution in [3.8, 4) is 11.5 Å². The molecular weight excluding hydrogens is 358 g/mol. The van der Waals surface area contributed by atoms with Crippen LogP contribution in [0.4, 0.5) is 0 Å². The van der Waals surface area contributed by atoms with Gasteiger partial charge in [-0.15, -0.1) is 0 Å². The lowest BCUT2D eigenvalue weighted by Gasteiger charge is -2.32. The first-order valence-electron chi connectivity index (χ1n) is 9.51. The van der Waals surface area contributed by atoms with Gasteiger partial charge >= 0.3 is 0 Å². The number of nitrogens with zero attached hydrogens (tertiary/aromatic N) is 2. The maximum absolute atomic E-state index is 12.4. The fraction of sp³-hybridized carbons (Fsp3) is 0.381. The van der Waals surface area contributed by atoms with Gasteiger partial charge in [0.1, 0.15) is 5.69 Å². The second-order valence-electron chi connectivity index (χ2n) is 6.52. The van der Waals surface area contributed by atoms with Gasteiger partial charge < -0.3 is 19.7 Å². The summed E-state index contributed by atoms with van der Waals surface area (Å²) in [5.74, 6) is 0.927. The Bertz CT molecular complexity index is 789. The predicted molar refractivity (Wildman–Crippen MR) is 104 cm³/mol. The monoisotopic (exact) mass is 383 g/mol. The number of para-hydroxylation sites is 2. The zero-order valence-electron chi connectivity index (χ0n) is 16.0. The maximum Gasteiger partial charge on any atom is 0.272 e. The van der Waals surface area contributed by atoms with Crippen molar-refractivity contribution in [2.75, 3.05) is 26.3 Å². The molecule has 2 amide bonds. The Balaban J connectivity index is 1.43. The van der Waals surface area contributed by atoms with Crippen LogP contribution in [0.15, 0.2) is 48.7 Å². The van der Waals surface area contributed by atoms with Gasteiger partial charge in [0.05, 0.1) is 6.61 Å². The lowest BCUT2D eigenvalue weighted by atomic mass is 10.0. The van der Waals surface area contributed by atoms with Crippen molar-refractivity contribution in [3.63, 3.8) is 0 Å². The number of hydrogen-bond donors (Lipinski definition) is 1. The van der Waals surface area contributed by atoms with Crippen molar-refractivity contribution < 1.29 is 19.1 Å². The average molecular weight is 383 g/mol. The summed E-state index contributed by atoms with van der Waals surface area (Å²) in [6, 6.07) is 12.6. The molecule has 7 heteroatoms. The average Bonchev–Trinajstić information content (AvgIpc) is 2.74. The molecule has 7 nitrogen and oxygen atoms in total. The van der Waals surface area contributed by atoms with Crippen LogP contribution in [0.25, 0.3) is 0 Å². The van der Waals surface area contributed by atoms with E-state index >= 15 is 0 Å². The van der Waals surface area contributed by atoms with Crippen LogP contribution in [0.5, 0.6) is 11.5 Å². The highest BCUT2D eigenvalue weighted by molar-refractivity contribution is 5.92. The molecule has 0 spiro atoms. The second kappa shape index (κ2) is 9.73. The number of likely N-dealkylation sites (tertiary alicyclic amines) is 1. The largest absolute Gasteiger partial charge is 0.490 e. The number of benzene rings is 1. The summed E-state index contributed by atoms with van der Waals surface area (Å²) in [4.78, 5) is 30.5. The van der Waals surface area contributed by atoms with Crippen LogP contribution >= 0.6 is 0 Å². The quantitative estimate of drug-likeness (QED) is 0.793. The van der Waals surface area contributed by atoms with Crippen molar-refractivity contribution in [1.29, 1.82) is 0 Å². The number of carbonyl (C=O) groups excluding carboxylic acids is 2. The Morgan fingerprint density at radius 2 is 1.75 bits per heavy atom. The summed E-state index contributed by atoms with van der Waals surface area (Å²) in [7, 11) is 0. The van der Waals surface area contributed by atoms with Gasteiger partial charge in [0.15, 0.2) is 18.1 Å². The van der Waals surface area contributed by atoms with Gasteiger partial charge in [0, 0.05) is 25.3 Å². The molecule has 2 heterocycles. The number of aromatic nitrogens is 1. The van der Waals surface area contributed by atoms with Crippen LogP contribution in [0.3, 0.4) is 0 Å². The third-order valence-electron chi connectivity index (χ3n) is 4.54. The van der Waals surface area contributed by atoms with Crippen LogP contribution in [-0.4, -0.2) is 54.0 Å². The van der Waals surface area contributed by atoms with Crippen LogP contribution < -0.4 is 14.8 Å². The number of amides is 2. The van der Waals surface area contributed by atoms with E-state index in [0.717, 1.165) is 0 Å². The molecule has 0 aliphatic carbocycles. The van der Waals surface area contributed by atoms with Crippen molar-refractivity contribution in [3.05, 3.63) is 54.4 Å². The lowest BCUT2D eigenvalue weighted by molar-refractivity contribution is -0.124. The molecule has 1 aliphatic heterocycles. The molecule has 148 valence electrons. The Hall–Kier alpha value is -3.09. The zero-order valence-corrected chi connectivity index (χ0v) is 16.0. The van der Waals surface area contributed by atoms with Gasteiger partial charge in [0.25, 0.3) is 11.8 Å². The summed E-state index contributed by atoms with van der Waals surface area (Å²) >= 11 is 0. The standard InChI is InChI=1S/C21H25N3O4/c1-2-27-18-8-3-4-9-19(18)28-15-20(25)23-16-10-13-24(14-11-16)21(26)17-7-5-6-12-22-17/h3-9,12,16H,2,10-11,13-15H2,1H3,(H,23,25). The molecule has 3 rings (SSSR count). The zero-order chi connectivity index (χ0) is 19.8. The molecule has 1 fully saturated rings. The van der Waals surface area contributed by atoms with E-state index in [1.54, 1.807) is 35.4 Å². The first kappa shape index (κ1) is 19.7. The van der Waals surface area contributed by atoms with Crippen LogP contribution in [0.2, 0.25) is 0 Å². The van der Waals surface area contributed by atoms with Crippen LogP contribution in [-0.2, 0) is 4.79 Å². The number of nitrogens with one attached hydrogen (secondary N) is 1. The molecule has 1 N–H and O–H groups in total. The topological polar surface area (TPSA) is 80.8 Å². The van der Waals surface area contributed by atoms with Gasteiger partial charge in [-0.1, -0.05) is 18.2 Å². The highest BCUT2D eigenvalue weighted by Gasteiger charge is 2.25. The molecule has 1 aromatic heterocycles. The molecule has 2 aromatic rings. The van der Waals surface area contributed by atoms with E-state index in [1.165, 1.54) is 0 Å². The molecule has 0 bridgehead atoms. The van der Waals surface area contributed by atoms with Crippen molar-refractivity contribution in [2.45, 2.75) is 25.8 Å². The van der Waals surface area contributed by atoms with Gasteiger partial charge in [-0.05, 0) is 44.0 Å². The predicted octanol–water partition coefficient (Wildman–Crippen LogP) is 2.28. The fourth-order valence-electron chi connectivity index (χ4n) is 3.13. The van der Waals surface area contributed by atoms with Gasteiger partial charge in [-0.25, -0.2) is 0 Å². The minimum Gasteiger partial charge on any atom is -0.490 e. The van der Waals surface area contributed by atoms with E-state index in [1.807, 2.05) is 25.1 Å². The van der Waals surface area contributed by atoms with E-state index in [-0.39, 0.29) is 24.5 Å². The highest BCUT2D eigenvalue weighted by Crippen LogP contribution is 2.26. The van der Waals surface area contributed by atoms with E-state index < -0.39 is 0 Å². The number of pyridine rings is 1. The number of piperidine rings is 1. The van der Waals surface area contributed by atoms with E-state index in [9.17, 15) is 9.59 Å². The molecule has 0 atom stereocenters. The molecule has 1 aromatic carbocycles. The van der Waals surface area contributed by atoms with Crippen molar-refractivity contribution >= 4 is 11.8 Å². The van der Waals surface area contributed by atoms with Crippen molar-refractivity contribution in [2.24, 2.45) is 0 Å². The molecular formula is C21H25N3O4. The van der Waals surface area contributed by atoms with Crippen LogP contribution in [0, 0.1) is 0 Å². The minimum atomic E-state index is -0.180. The molecule has 0 radical (unpaired) electrons. The number of hydrogen-bond acceptors (Lipinski definition) is 5. The van der Waals surface area contributed by atoms with E-state index in [0.29, 0.717) is 49.7 Å². The van der Waals surface area contributed by atoms with E-state index in [4.69, 9.17) is 9.47 Å². The summed E-state index contributed by atoms with van der Waals surface area (Å²) < 4.78 is 11.1. The minimum absolute atomic E-state index is 0.0334. The maximum atomic E-state index is 12.4. The first-order valence-corrected chi connectivity index (χ1v) is 9.51.